The lowest BCUT2D eigenvalue weighted by molar-refractivity contribution is -0.134. The van der Waals surface area contributed by atoms with Crippen molar-refractivity contribution < 1.29 is 9.53 Å². The van der Waals surface area contributed by atoms with Crippen LogP contribution in [0.2, 0.25) is 0 Å². The zero-order valence-electron chi connectivity index (χ0n) is 18.0. The Morgan fingerprint density at radius 2 is 1.90 bits per heavy atom. The minimum Gasteiger partial charge on any atom is -0.471 e. The fourth-order valence-electron chi connectivity index (χ4n) is 4.64. The number of rotatable bonds is 5. The van der Waals surface area contributed by atoms with Crippen molar-refractivity contribution in [3.63, 3.8) is 0 Å². The van der Waals surface area contributed by atoms with Crippen LogP contribution in [0, 0.1) is 12.8 Å². The topological polar surface area (TPSA) is 98.9 Å². The molecule has 1 aliphatic carbocycles. The Labute approximate surface area is 180 Å². The van der Waals surface area contributed by atoms with Gasteiger partial charge < -0.3 is 14.2 Å². The number of nitrogens with zero attached hydrogens (tertiary/aromatic N) is 7. The number of carbonyl (C=O) groups excluding carboxylic acids is 1. The molecule has 1 saturated heterocycles. The quantitative estimate of drug-likeness (QED) is 0.624. The lowest BCUT2D eigenvalue weighted by Gasteiger charge is -2.20. The van der Waals surface area contributed by atoms with Gasteiger partial charge in [-0.05, 0) is 26.7 Å². The van der Waals surface area contributed by atoms with E-state index < -0.39 is 0 Å². The molecule has 4 heterocycles. The lowest BCUT2D eigenvalue weighted by atomic mass is 10.1. The molecule has 0 unspecified atom stereocenters. The molecule has 0 bridgehead atoms. The van der Waals surface area contributed by atoms with E-state index in [-0.39, 0.29) is 17.9 Å². The fraction of sp³-hybridized carbons (Fsp3) is 0.545. The van der Waals surface area contributed by atoms with Crippen LogP contribution in [0.25, 0.3) is 22.6 Å². The number of carbonyl (C=O) groups is 1. The number of amides is 1. The third kappa shape index (κ3) is 3.73. The van der Waals surface area contributed by atoms with Crippen LogP contribution in [0.4, 0.5) is 0 Å². The number of likely N-dealkylation sites (tertiary alicyclic amines) is 1. The van der Waals surface area contributed by atoms with E-state index in [0.717, 1.165) is 55.7 Å². The molecule has 1 saturated carbocycles. The van der Waals surface area contributed by atoms with E-state index in [1.54, 1.807) is 12.4 Å². The van der Waals surface area contributed by atoms with Crippen molar-refractivity contribution in [2.75, 3.05) is 13.1 Å². The van der Waals surface area contributed by atoms with Crippen molar-refractivity contribution >= 4 is 17.1 Å². The minimum absolute atomic E-state index is 0.0820. The van der Waals surface area contributed by atoms with E-state index in [0.29, 0.717) is 30.3 Å². The SMILES string of the molecule is CCn1c(-c2cnc(C)nc2)nc2c(O[C@H]3CCN(C(=O)C4CCCC4)C3)ncnc21. The van der Waals surface area contributed by atoms with Crippen LogP contribution < -0.4 is 4.74 Å². The summed E-state index contributed by atoms with van der Waals surface area (Å²) in [6.07, 6.45) is 10.1. The van der Waals surface area contributed by atoms with Gasteiger partial charge in [-0.15, -0.1) is 0 Å². The molecule has 2 aliphatic rings. The molecule has 1 amide bonds. The molecule has 31 heavy (non-hydrogen) atoms. The summed E-state index contributed by atoms with van der Waals surface area (Å²) >= 11 is 0. The van der Waals surface area contributed by atoms with Crippen LogP contribution in [0.1, 0.15) is 44.9 Å². The van der Waals surface area contributed by atoms with Gasteiger partial charge in [0.05, 0.1) is 12.1 Å². The smallest absolute Gasteiger partial charge is 0.245 e. The number of hydrogen-bond acceptors (Lipinski definition) is 7. The van der Waals surface area contributed by atoms with Gasteiger partial charge in [-0.1, -0.05) is 12.8 Å². The third-order valence-corrected chi connectivity index (χ3v) is 6.29. The Balaban J connectivity index is 1.39. The van der Waals surface area contributed by atoms with Gasteiger partial charge in [0.15, 0.2) is 11.2 Å². The second-order valence-corrected chi connectivity index (χ2v) is 8.34. The molecule has 1 aliphatic heterocycles. The maximum atomic E-state index is 12.7. The average molecular weight is 422 g/mol. The van der Waals surface area contributed by atoms with Gasteiger partial charge in [-0.2, -0.15) is 4.98 Å². The first-order valence-corrected chi connectivity index (χ1v) is 11.1. The van der Waals surface area contributed by atoms with E-state index in [1.165, 1.54) is 6.33 Å². The zero-order valence-corrected chi connectivity index (χ0v) is 18.0. The molecule has 0 spiro atoms. The van der Waals surface area contributed by atoms with Crippen molar-refractivity contribution in [3.8, 4) is 17.3 Å². The summed E-state index contributed by atoms with van der Waals surface area (Å²) in [5, 5.41) is 0. The van der Waals surface area contributed by atoms with E-state index >= 15 is 0 Å². The first-order chi connectivity index (χ1) is 15.1. The summed E-state index contributed by atoms with van der Waals surface area (Å²) in [5.74, 6) is 2.40. The second kappa shape index (κ2) is 8.20. The molecule has 2 fully saturated rings. The summed E-state index contributed by atoms with van der Waals surface area (Å²) in [5.41, 5.74) is 2.17. The number of aryl methyl sites for hydroxylation is 2. The lowest BCUT2D eigenvalue weighted by Crippen LogP contribution is -2.34. The Bertz CT molecular complexity index is 1090. The highest BCUT2D eigenvalue weighted by Gasteiger charge is 2.33. The first-order valence-electron chi connectivity index (χ1n) is 11.1. The molecule has 5 rings (SSSR count). The normalized spacial score (nSPS) is 19.4. The Morgan fingerprint density at radius 1 is 1.13 bits per heavy atom. The molecule has 9 nitrogen and oxygen atoms in total. The van der Waals surface area contributed by atoms with Gasteiger partial charge in [0.1, 0.15) is 24.1 Å². The molecular formula is C22H27N7O2. The van der Waals surface area contributed by atoms with Gasteiger partial charge in [-0.3, -0.25) is 4.79 Å². The molecular weight excluding hydrogens is 394 g/mol. The van der Waals surface area contributed by atoms with Gasteiger partial charge in [0.25, 0.3) is 0 Å². The second-order valence-electron chi connectivity index (χ2n) is 8.34. The predicted molar refractivity (Wildman–Crippen MR) is 114 cm³/mol. The molecule has 1 atom stereocenters. The van der Waals surface area contributed by atoms with E-state index in [2.05, 4.69) is 19.9 Å². The van der Waals surface area contributed by atoms with Crippen LogP contribution in [0.15, 0.2) is 18.7 Å². The van der Waals surface area contributed by atoms with Crippen LogP contribution in [0.5, 0.6) is 5.88 Å². The van der Waals surface area contributed by atoms with Crippen molar-refractivity contribution in [3.05, 3.63) is 24.5 Å². The van der Waals surface area contributed by atoms with Crippen LogP contribution in [0.3, 0.4) is 0 Å². The van der Waals surface area contributed by atoms with Gasteiger partial charge in [-0.25, -0.2) is 19.9 Å². The van der Waals surface area contributed by atoms with E-state index in [4.69, 9.17) is 9.72 Å². The van der Waals surface area contributed by atoms with Crippen LogP contribution in [-0.4, -0.2) is 59.5 Å². The van der Waals surface area contributed by atoms with Gasteiger partial charge in [0.2, 0.25) is 11.8 Å². The summed E-state index contributed by atoms with van der Waals surface area (Å²) in [7, 11) is 0. The van der Waals surface area contributed by atoms with Gasteiger partial charge >= 0.3 is 0 Å². The molecule has 0 N–H and O–H groups in total. The van der Waals surface area contributed by atoms with Gasteiger partial charge in [0, 0.05) is 37.8 Å². The van der Waals surface area contributed by atoms with E-state index in [9.17, 15) is 4.79 Å². The standard InChI is InChI=1S/C22H27N7O2/c1-3-29-19(16-10-23-14(2)24-11-16)27-18-20(29)25-13-26-21(18)31-17-8-9-28(12-17)22(30)15-6-4-5-7-15/h10-11,13,15,17H,3-9,12H2,1-2H3/t17-/m0/s1. The average Bonchev–Trinajstić information content (AvgIpc) is 3.54. The van der Waals surface area contributed by atoms with Crippen LogP contribution >= 0.6 is 0 Å². The third-order valence-electron chi connectivity index (χ3n) is 6.29. The predicted octanol–water partition coefficient (Wildman–Crippen LogP) is 2.78. The summed E-state index contributed by atoms with van der Waals surface area (Å²) < 4.78 is 8.26. The monoisotopic (exact) mass is 421 g/mol. The maximum absolute atomic E-state index is 12.7. The summed E-state index contributed by atoms with van der Waals surface area (Å²) in [6, 6.07) is 0. The number of imidazole rings is 1. The molecule has 3 aromatic rings. The molecule has 9 heteroatoms. The fourth-order valence-corrected chi connectivity index (χ4v) is 4.64. The highest BCUT2D eigenvalue weighted by atomic mass is 16.5. The first kappa shape index (κ1) is 19.8. The van der Waals surface area contributed by atoms with Crippen molar-refractivity contribution in [1.82, 2.24) is 34.4 Å². The highest BCUT2D eigenvalue weighted by Crippen LogP contribution is 2.31. The van der Waals surface area contributed by atoms with Crippen LogP contribution in [-0.2, 0) is 11.3 Å². The maximum Gasteiger partial charge on any atom is 0.245 e. The van der Waals surface area contributed by atoms with Crippen molar-refractivity contribution in [2.24, 2.45) is 5.92 Å². The molecule has 0 radical (unpaired) electrons. The number of hydrogen-bond donors (Lipinski definition) is 0. The van der Waals surface area contributed by atoms with Crippen molar-refractivity contribution in [2.45, 2.75) is 58.6 Å². The number of aromatic nitrogens is 6. The largest absolute Gasteiger partial charge is 0.471 e. The Morgan fingerprint density at radius 3 is 2.65 bits per heavy atom. The highest BCUT2D eigenvalue weighted by molar-refractivity contribution is 5.81. The molecule has 162 valence electrons. The number of ether oxygens (including phenoxy) is 1. The molecule has 3 aromatic heterocycles. The van der Waals surface area contributed by atoms with E-state index in [1.807, 2.05) is 23.3 Å². The van der Waals surface area contributed by atoms with Crippen molar-refractivity contribution in [1.29, 1.82) is 0 Å². The summed E-state index contributed by atoms with van der Waals surface area (Å²) in [4.78, 5) is 36.9. The zero-order chi connectivity index (χ0) is 21.4. The minimum atomic E-state index is -0.0820. The number of fused-ring (bicyclic) bond motifs is 1. The summed E-state index contributed by atoms with van der Waals surface area (Å²) in [6.45, 7) is 5.94. The Kier molecular flexibility index (Phi) is 5.25. The Hall–Kier alpha value is -3.10. The molecule has 0 aromatic carbocycles.